The molecule has 0 aromatic carbocycles. The van der Waals surface area contributed by atoms with Gasteiger partial charge in [-0.25, -0.2) is 0 Å². The number of carbonyl (C=O) groups is 2. The molecule has 0 aromatic heterocycles. The second-order valence-electron chi connectivity index (χ2n) is 6.01. The molecular formula is C15H26N2O3. The minimum Gasteiger partial charge on any atom is -0.382 e. The highest BCUT2D eigenvalue weighted by atomic mass is 16.5. The summed E-state index contributed by atoms with van der Waals surface area (Å²) in [5.41, 5.74) is -0.309. The zero-order valence-electron chi connectivity index (χ0n) is 12.6. The molecule has 0 radical (unpaired) electrons. The maximum atomic E-state index is 12.6. The molecule has 0 unspecified atom stereocenters. The molecule has 114 valence electrons. The fraction of sp³-hybridized carbons (Fsp3) is 0.867. The second-order valence-corrected chi connectivity index (χ2v) is 6.01. The van der Waals surface area contributed by atoms with E-state index in [-0.39, 0.29) is 23.3 Å². The van der Waals surface area contributed by atoms with Gasteiger partial charge in [0.05, 0.1) is 5.41 Å². The van der Waals surface area contributed by atoms with Crippen molar-refractivity contribution in [2.24, 2.45) is 5.41 Å². The molecule has 2 aliphatic rings. The molecule has 0 spiro atoms. The monoisotopic (exact) mass is 282 g/mol. The lowest BCUT2D eigenvalue weighted by Crippen LogP contribution is -2.47. The number of nitrogens with zero attached hydrogens (tertiary/aromatic N) is 1. The van der Waals surface area contributed by atoms with Crippen molar-refractivity contribution in [3.05, 3.63) is 0 Å². The Morgan fingerprint density at radius 3 is 2.70 bits per heavy atom. The van der Waals surface area contributed by atoms with E-state index in [4.69, 9.17) is 4.74 Å². The van der Waals surface area contributed by atoms with Crippen LogP contribution in [0.5, 0.6) is 0 Å². The van der Waals surface area contributed by atoms with E-state index in [1.165, 1.54) is 0 Å². The van der Waals surface area contributed by atoms with Crippen LogP contribution in [0.25, 0.3) is 0 Å². The molecule has 1 saturated heterocycles. The van der Waals surface area contributed by atoms with E-state index in [0.29, 0.717) is 13.2 Å². The van der Waals surface area contributed by atoms with Gasteiger partial charge in [0, 0.05) is 26.8 Å². The Morgan fingerprint density at radius 1 is 1.45 bits per heavy atom. The molecule has 5 nitrogen and oxygen atoms in total. The molecule has 2 rings (SSSR count). The van der Waals surface area contributed by atoms with Crippen LogP contribution in [0.2, 0.25) is 0 Å². The standard InChI is InChI=1S/C15H26N2O3/c1-3-20-11-9-15(7-4-5-8-15)14(19)16-12-6-10-17(2)13(12)18/h12H,3-11H2,1-2H3,(H,16,19)/t12-/m0/s1. The third kappa shape index (κ3) is 3.14. The number of hydrogen-bond acceptors (Lipinski definition) is 3. The number of amides is 2. The smallest absolute Gasteiger partial charge is 0.244 e. The molecule has 1 saturated carbocycles. The van der Waals surface area contributed by atoms with Gasteiger partial charge in [0.2, 0.25) is 11.8 Å². The molecule has 5 heteroatoms. The summed E-state index contributed by atoms with van der Waals surface area (Å²) in [4.78, 5) is 26.2. The van der Waals surface area contributed by atoms with Gasteiger partial charge < -0.3 is 15.0 Å². The summed E-state index contributed by atoms with van der Waals surface area (Å²) >= 11 is 0. The number of ether oxygens (including phenoxy) is 1. The van der Waals surface area contributed by atoms with Crippen molar-refractivity contribution >= 4 is 11.8 Å². The van der Waals surface area contributed by atoms with Crippen LogP contribution in [-0.4, -0.2) is 49.6 Å². The lowest BCUT2D eigenvalue weighted by Gasteiger charge is -2.29. The summed E-state index contributed by atoms with van der Waals surface area (Å²) in [7, 11) is 1.79. The molecule has 1 heterocycles. The Morgan fingerprint density at radius 2 is 2.15 bits per heavy atom. The van der Waals surface area contributed by atoms with Crippen LogP contribution >= 0.6 is 0 Å². The molecule has 2 fully saturated rings. The van der Waals surface area contributed by atoms with Gasteiger partial charge in [0.1, 0.15) is 6.04 Å². The molecule has 0 aromatic rings. The Balaban J connectivity index is 1.95. The molecule has 0 bridgehead atoms. The maximum absolute atomic E-state index is 12.6. The summed E-state index contributed by atoms with van der Waals surface area (Å²) in [6.45, 7) is 4.01. The van der Waals surface area contributed by atoms with Gasteiger partial charge in [0.25, 0.3) is 0 Å². The van der Waals surface area contributed by atoms with Gasteiger partial charge in [-0.15, -0.1) is 0 Å². The van der Waals surface area contributed by atoms with E-state index in [1.54, 1.807) is 11.9 Å². The van der Waals surface area contributed by atoms with Crippen LogP contribution in [0, 0.1) is 5.41 Å². The third-order valence-electron chi connectivity index (χ3n) is 4.70. The number of rotatable bonds is 6. The highest BCUT2D eigenvalue weighted by molar-refractivity contribution is 5.91. The van der Waals surface area contributed by atoms with Crippen LogP contribution in [0.1, 0.15) is 45.4 Å². The average Bonchev–Trinajstić information content (AvgIpc) is 3.02. The quantitative estimate of drug-likeness (QED) is 0.748. The number of hydrogen-bond donors (Lipinski definition) is 1. The van der Waals surface area contributed by atoms with Gasteiger partial charge in [-0.3, -0.25) is 9.59 Å². The first kappa shape index (κ1) is 15.3. The molecule has 20 heavy (non-hydrogen) atoms. The fourth-order valence-corrected chi connectivity index (χ4v) is 3.32. The molecule has 1 N–H and O–H groups in total. The number of likely N-dealkylation sites (N-methyl/N-ethyl adjacent to an activating group) is 1. The van der Waals surface area contributed by atoms with Crippen LogP contribution < -0.4 is 5.32 Å². The van der Waals surface area contributed by atoms with E-state index in [1.807, 2.05) is 6.92 Å². The van der Waals surface area contributed by atoms with Crippen LogP contribution in [0.3, 0.4) is 0 Å². The summed E-state index contributed by atoms with van der Waals surface area (Å²) in [5.74, 6) is 0.0969. The minimum absolute atomic E-state index is 0.0382. The van der Waals surface area contributed by atoms with Crippen LogP contribution in [0.15, 0.2) is 0 Å². The lowest BCUT2D eigenvalue weighted by atomic mass is 9.81. The lowest BCUT2D eigenvalue weighted by molar-refractivity contribution is -0.137. The Hall–Kier alpha value is -1.10. The number of carbonyl (C=O) groups excluding carboxylic acids is 2. The molecule has 2 amide bonds. The first-order valence-corrected chi connectivity index (χ1v) is 7.73. The topological polar surface area (TPSA) is 58.6 Å². The van der Waals surface area contributed by atoms with Crippen molar-refractivity contribution in [3.8, 4) is 0 Å². The Bertz CT molecular complexity index is 364. The number of likely N-dealkylation sites (tertiary alicyclic amines) is 1. The van der Waals surface area contributed by atoms with E-state index < -0.39 is 0 Å². The van der Waals surface area contributed by atoms with Crippen molar-refractivity contribution in [2.75, 3.05) is 26.8 Å². The summed E-state index contributed by atoms with van der Waals surface area (Å²) < 4.78 is 5.42. The van der Waals surface area contributed by atoms with Gasteiger partial charge in [0.15, 0.2) is 0 Å². The van der Waals surface area contributed by atoms with E-state index in [0.717, 1.165) is 45.1 Å². The highest BCUT2D eigenvalue weighted by Gasteiger charge is 2.43. The minimum atomic E-state index is -0.322. The van der Waals surface area contributed by atoms with Crippen molar-refractivity contribution in [1.29, 1.82) is 0 Å². The SMILES string of the molecule is CCOCCC1(C(=O)N[C@H]2CCN(C)C2=O)CCCC1. The predicted octanol–water partition coefficient (Wildman–Crippen LogP) is 1.32. The fourth-order valence-electron chi connectivity index (χ4n) is 3.32. The van der Waals surface area contributed by atoms with Gasteiger partial charge in [-0.05, 0) is 32.6 Å². The summed E-state index contributed by atoms with van der Waals surface area (Å²) in [6.07, 6.45) is 5.52. The zero-order chi connectivity index (χ0) is 14.6. The van der Waals surface area contributed by atoms with Crippen molar-refractivity contribution in [3.63, 3.8) is 0 Å². The van der Waals surface area contributed by atoms with Gasteiger partial charge in [-0.1, -0.05) is 12.8 Å². The summed E-state index contributed by atoms with van der Waals surface area (Å²) in [5, 5.41) is 2.98. The van der Waals surface area contributed by atoms with Crippen molar-refractivity contribution in [2.45, 2.75) is 51.5 Å². The maximum Gasteiger partial charge on any atom is 0.244 e. The van der Waals surface area contributed by atoms with E-state index >= 15 is 0 Å². The number of nitrogens with one attached hydrogen (secondary N) is 1. The summed E-state index contributed by atoms with van der Waals surface area (Å²) in [6, 6.07) is -0.322. The average molecular weight is 282 g/mol. The Kier molecular flexibility index (Phi) is 5.02. The van der Waals surface area contributed by atoms with Crippen molar-refractivity contribution in [1.82, 2.24) is 10.2 Å². The van der Waals surface area contributed by atoms with Crippen LogP contribution in [0.4, 0.5) is 0 Å². The third-order valence-corrected chi connectivity index (χ3v) is 4.70. The molecule has 1 aliphatic carbocycles. The normalized spacial score (nSPS) is 25.2. The van der Waals surface area contributed by atoms with E-state index in [2.05, 4.69) is 5.32 Å². The largest absolute Gasteiger partial charge is 0.382 e. The zero-order valence-corrected chi connectivity index (χ0v) is 12.6. The van der Waals surface area contributed by atoms with Gasteiger partial charge >= 0.3 is 0 Å². The molecular weight excluding hydrogens is 256 g/mol. The highest BCUT2D eigenvalue weighted by Crippen LogP contribution is 2.41. The van der Waals surface area contributed by atoms with Gasteiger partial charge in [-0.2, -0.15) is 0 Å². The molecule has 1 aliphatic heterocycles. The first-order valence-electron chi connectivity index (χ1n) is 7.73. The van der Waals surface area contributed by atoms with Crippen LogP contribution in [-0.2, 0) is 14.3 Å². The molecule has 1 atom stereocenters. The first-order chi connectivity index (χ1) is 9.59. The predicted molar refractivity (Wildman–Crippen MR) is 76.2 cm³/mol. The Labute approximate surface area is 121 Å². The van der Waals surface area contributed by atoms with E-state index in [9.17, 15) is 9.59 Å². The van der Waals surface area contributed by atoms with Crippen molar-refractivity contribution < 1.29 is 14.3 Å². The second kappa shape index (κ2) is 6.57.